The third kappa shape index (κ3) is 4.08. The fourth-order valence-electron chi connectivity index (χ4n) is 1.20. The number of hydrogen-bond acceptors (Lipinski definition) is 3. The van der Waals surface area contributed by atoms with Gasteiger partial charge in [-0.2, -0.15) is 13.2 Å². The van der Waals surface area contributed by atoms with Gasteiger partial charge in [-0.3, -0.25) is 4.79 Å². The molecule has 0 bridgehead atoms. The summed E-state index contributed by atoms with van der Waals surface area (Å²) in [7, 11) is 0. The topological polar surface area (TPSA) is 78.3 Å². The normalized spacial score (nSPS) is 10.7. The highest BCUT2D eigenvalue weighted by atomic mass is 35.5. The smallest absolute Gasteiger partial charge is 0.419 e. The highest BCUT2D eigenvalue weighted by Gasteiger charge is 2.35. The van der Waals surface area contributed by atoms with Crippen molar-refractivity contribution in [3.8, 4) is 5.75 Å². The molecule has 1 rings (SSSR count). The Morgan fingerprint density at radius 1 is 1.33 bits per heavy atom. The number of benzene rings is 1. The number of hydrogen-bond donors (Lipinski definition) is 2. The zero-order chi connectivity index (χ0) is 13.1. The maximum atomic E-state index is 12.7. The van der Waals surface area contributed by atoms with Gasteiger partial charge in [0.25, 0.3) is 0 Å². The van der Waals surface area contributed by atoms with Gasteiger partial charge in [0.2, 0.25) is 5.91 Å². The minimum atomic E-state index is -4.62. The van der Waals surface area contributed by atoms with Crippen molar-refractivity contribution in [2.75, 3.05) is 13.2 Å². The van der Waals surface area contributed by atoms with E-state index in [1.54, 1.807) is 0 Å². The monoisotopic (exact) mass is 284 g/mol. The van der Waals surface area contributed by atoms with Crippen molar-refractivity contribution in [3.05, 3.63) is 29.3 Å². The van der Waals surface area contributed by atoms with Crippen molar-refractivity contribution in [2.24, 2.45) is 11.5 Å². The summed E-state index contributed by atoms with van der Waals surface area (Å²) in [6.45, 7) is 0.0495. The molecule has 18 heavy (non-hydrogen) atoms. The van der Waals surface area contributed by atoms with Crippen molar-refractivity contribution >= 4 is 18.3 Å². The van der Waals surface area contributed by atoms with E-state index in [9.17, 15) is 18.0 Å². The maximum Gasteiger partial charge on any atom is 0.419 e. The molecule has 8 heteroatoms. The molecule has 1 aromatic carbocycles. The lowest BCUT2D eigenvalue weighted by molar-refractivity contribution is -0.138. The van der Waals surface area contributed by atoms with Crippen LogP contribution < -0.4 is 16.2 Å². The van der Waals surface area contributed by atoms with Gasteiger partial charge in [-0.25, -0.2) is 0 Å². The Labute approximate surface area is 107 Å². The number of primary amides is 1. The number of alkyl halides is 3. The maximum absolute atomic E-state index is 12.7. The molecule has 0 saturated heterocycles. The first-order valence-electron chi connectivity index (χ1n) is 4.70. The average molecular weight is 285 g/mol. The Morgan fingerprint density at radius 2 is 1.94 bits per heavy atom. The summed E-state index contributed by atoms with van der Waals surface area (Å²) in [6.07, 6.45) is -4.62. The fourth-order valence-corrected chi connectivity index (χ4v) is 1.20. The third-order valence-corrected chi connectivity index (χ3v) is 1.94. The zero-order valence-electron chi connectivity index (χ0n) is 9.16. The van der Waals surface area contributed by atoms with E-state index in [1.807, 2.05) is 0 Å². The van der Waals surface area contributed by atoms with Crippen molar-refractivity contribution < 1.29 is 22.7 Å². The van der Waals surface area contributed by atoms with Crippen LogP contribution in [0.3, 0.4) is 0 Å². The van der Waals surface area contributed by atoms with Crippen LogP contribution in [0.15, 0.2) is 18.2 Å². The zero-order valence-corrected chi connectivity index (χ0v) is 9.98. The summed E-state index contributed by atoms with van der Waals surface area (Å²) in [4.78, 5) is 10.8. The molecule has 0 spiro atoms. The fraction of sp³-hybridized carbons (Fsp3) is 0.300. The molecule has 0 aromatic heterocycles. The number of halogens is 4. The lowest BCUT2D eigenvalue weighted by Crippen LogP contribution is -2.17. The summed E-state index contributed by atoms with van der Waals surface area (Å²) >= 11 is 0. The lowest BCUT2D eigenvalue weighted by atomic mass is 10.1. The third-order valence-electron chi connectivity index (χ3n) is 1.94. The number of nitrogens with two attached hydrogens (primary N) is 2. The van der Waals surface area contributed by atoms with Gasteiger partial charge in [-0.15, -0.1) is 12.4 Å². The predicted octanol–water partition coefficient (Wildman–Crippen LogP) is 1.56. The van der Waals surface area contributed by atoms with Gasteiger partial charge in [0.1, 0.15) is 12.4 Å². The van der Waals surface area contributed by atoms with Crippen molar-refractivity contribution in [3.63, 3.8) is 0 Å². The Morgan fingerprint density at radius 3 is 2.39 bits per heavy atom. The molecule has 0 atom stereocenters. The first-order chi connectivity index (χ1) is 7.86. The summed E-state index contributed by atoms with van der Waals surface area (Å²) in [5, 5.41) is 0. The van der Waals surface area contributed by atoms with E-state index in [0.29, 0.717) is 6.07 Å². The van der Waals surface area contributed by atoms with Crippen molar-refractivity contribution in [1.82, 2.24) is 0 Å². The minimum Gasteiger partial charge on any atom is -0.492 e. The van der Waals surface area contributed by atoms with Gasteiger partial charge in [0.15, 0.2) is 0 Å². The SMILES string of the molecule is Cl.NCCOc1ccc(C(N)=O)cc1C(F)(F)F. The van der Waals surface area contributed by atoms with E-state index in [0.717, 1.165) is 6.07 Å². The molecule has 1 amide bonds. The van der Waals surface area contributed by atoms with Crippen LogP contribution in [0.2, 0.25) is 0 Å². The second-order valence-corrected chi connectivity index (χ2v) is 3.21. The molecule has 1 aromatic rings. The van der Waals surface area contributed by atoms with Gasteiger partial charge >= 0.3 is 6.18 Å². The Kier molecular flexibility index (Phi) is 5.93. The van der Waals surface area contributed by atoms with Crippen LogP contribution in [-0.2, 0) is 6.18 Å². The van der Waals surface area contributed by atoms with Crippen LogP contribution in [0.5, 0.6) is 5.75 Å². The molecule has 0 saturated carbocycles. The molecule has 4 nitrogen and oxygen atoms in total. The van der Waals surface area contributed by atoms with Crippen LogP contribution in [0.4, 0.5) is 13.2 Å². The van der Waals surface area contributed by atoms with Crippen LogP contribution in [0.25, 0.3) is 0 Å². The first kappa shape index (κ1) is 16.5. The molecule has 0 heterocycles. The second kappa shape index (κ2) is 6.46. The van der Waals surface area contributed by atoms with Gasteiger partial charge in [-0.1, -0.05) is 0 Å². The second-order valence-electron chi connectivity index (χ2n) is 3.21. The highest BCUT2D eigenvalue weighted by molar-refractivity contribution is 5.93. The Bertz CT molecular complexity index is 424. The Balaban J connectivity index is 0.00000289. The molecule has 0 aliphatic heterocycles. The van der Waals surface area contributed by atoms with E-state index >= 15 is 0 Å². The van der Waals surface area contributed by atoms with Crippen LogP contribution in [0.1, 0.15) is 15.9 Å². The molecular formula is C10H12ClF3N2O2. The van der Waals surface area contributed by atoms with Gasteiger partial charge < -0.3 is 16.2 Å². The van der Waals surface area contributed by atoms with E-state index in [-0.39, 0.29) is 36.9 Å². The number of ether oxygens (including phenoxy) is 1. The number of rotatable bonds is 4. The van der Waals surface area contributed by atoms with Crippen molar-refractivity contribution in [1.29, 1.82) is 0 Å². The van der Waals surface area contributed by atoms with Crippen LogP contribution in [0, 0.1) is 0 Å². The molecule has 102 valence electrons. The summed E-state index contributed by atoms with van der Waals surface area (Å²) in [5.74, 6) is -1.30. The number of amides is 1. The quantitative estimate of drug-likeness (QED) is 0.881. The van der Waals surface area contributed by atoms with E-state index in [1.165, 1.54) is 6.07 Å². The summed E-state index contributed by atoms with van der Waals surface area (Å²) in [5.41, 5.74) is 8.78. The molecular weight excluding hydrogens is 273 g/mol. The van der Waals surface area contributed by atoms with Gasteiger partial charge in [0, 0.05) is 12.1 Å². The lowest BCUT2D eigenvalue weighted by Gasteiger charge is -2.14. The standard InChI is InChI=1S/C10H11F3N2O2.ClH/c11-10(12,13)7-5-6(9(15)16)1-2-8(7)17-4-3-14;/h1-2,5H,3-4,14H2,(H2,15,16);1H. The number of carbonyl (C=O) groups is 1. The molecule has 0 radical (unpaired) electrons. The van der Waals surface area contributed by atoms with Gasteiger partial charge in [0.05, 0.1) is 5.56 Å². The van der Waals surface area contributed by atoms with Crippen LogP contribution in [-0.4, -0.2) is 19.1 Å². The molecule has 0 aliphatic rings. The average Bonchev–Trinajstić information content (AvgIpc) is 2.24. The predicted molar refractivity (Wildman–Crippen MR) is 61.8 cm³/mol. The summed E-state index contributed by atoms with van der Waals surface area (Å²) < 4.78 is 42.8. The Hall–Kier alpha value is -1.47. The van der Waals surface area contributed by atoms with E-state index in [2.05, 4.69) is 0 Å². The van der Waals surface area contributed by atoms with E-state index in [4.69, 9.17) is 16.2 Å². The molecule has 4 N–H and O–H groups in total. The summed E-state index contributed by atoms with van der Waals surface area (Å²) in [6, 6.07) is 2.89. The number of carbonyl (C=O) groups excluding carboxylic acids is 1. The van der Waals surface area contributed by atoms with Gasteiger partial charge in [-0.05, 0) is 18.2 Å². The molecule has 0 unspecified atom stereocenters. The van der Waals surface area contributed by atoms with Crippen LogP contribution >= 0.6 is 12.4 Å². The highest BCUT2D eigenvalue weighted by Crippen LogP contribution is 2.36. The van der Waals surface area contributed by atoms with E-state index < -0.39 is 17.6 Å². The first-order valence-corrected chi connectivity index (χ1v) is 4.70. The minimum absolute atomic E-state index is 0. The van der Waals surface area contributed by atoms with Crippen molar-refractivity contribution in [2.45, 2.75) is 6.18 Å². The largest absolute Gasteiger partial charge is 0.492 e. The molecule has 0 aliphatic carbocycles. The molecule has 0 fully saturated rings.